The fraction of sp³-hybridized carbons (Fsp3) is 0.435. The number of nitrogens with zero attached hydrogens (tertiary/aromatic N) is 2. The zero-order valence-corrected chi connectivity index (χ0v) is 18.6. The number of hydrogen-bond acceptors (Lipinski definition) is 5. The summed E-state index contributed by atoms with van der Waals surface area (Å²) in [6, 6.07) is 11.9. The summed E-state index contributed by atoms with van der Waals surface area (Å²) in [7, 11) is 0. The second-order valence-electron chi connectivity index (χ2n) is 8.41. The van der Waals surface area contributed by atoms with E-state index >= 15 is 0 Å². The molecular formula is C23H29N3O3S. The zero-order valence-electron chi connectivity index (χ0n) is 17.8. The highest BCUT2D eigenvalue weighted by Gasteiger charge is 2.29. The minimum atomic E-state index is -0.506. The standard InChI is InChI=1S/C23H29N3O3S/c1-23(2,3)29-22(28)26-13-10-18(11-14-26)21(27)25-19-6-8-20(9-7-19)30-16-17-5-4-12-24-15-17/h4-9,12,15,18H,10-11,13-14,16H2,1-3H3,(H,25,27). The van der Waals surface area contributed by atoms with E-state index in [9.17, 15) is 9.59 Å². The molecule has 6 nitrogen and oxygen atoms in total. The Bertz CT molecular complexity index is 842. The number of pyridine rings is 1. The maximum absolute atomic E-state index is 12.6. The molecule has 1 fully saturated rings. The Kier molecular flexibility index (Phi) is 7.37. The molecule has 0 spiro atoms. The Morgan fingerprint density at radius 1 is 1.17 bits per heavy atom. The molecule has 1 aliphatic heterocycles. The molecule has 0 radical (unpaired) electrons. The Labute approximate surface area is 182 Å². The highest BCUT2D eigenvalue weighted by molar-refractivity contribution is 7.98. The van der Waals surface area contributed by atoms with Gasteiger partial charge in [-0.15, -0.1) is 11.8 Å². The van der Waals surface area contributed by atoms with Crippen molar-refractivity contribution in [2.24, 2.45) is 5.92 Å². The van der Waals surface area contributed by atoms with Crippen LogP contribution in [-0.2, 0) is 15.3 Å². The molecule has 1 saturated heterocycles. The first-order valence-corrected chi connectivity index (χ1v) is 11.2. The Balaban J connectivity index is 1.44. The lowest BCUT2D eigenvalue weighted by molar-refractivity contribution is -0.121. The van der Waals surface area contributed by atoms with Crippen LogP contribution in [0.4, 0.5) is 10.5 Å². The highest BCUT2D eigenvalue weighted by Crippen LogP contribution is 2.25. The average molecular weight is 428 g/mol. The van der Waals surface area contributed by atoms with Crippen molar-refractivity contribution in [2.75, 3.05) is 18.4 Å². The number of thioether (sulfide) groups is 1. The zero-order chi connectivity index (χ0) is 21.6. The van der Waals surface area contributed by atoms with Gasteiger partial charge >= 0.3 is 6.09 Å². The maximum Gasteiger partial charge on any atom is 0.410 e. The number of likely N-dealkylation sites (tertiary alicyclic amines) is 1. The Morgan fingerprint density at radius 2 is 1.87 bits per heavy atom. The van der Waals surface area contributed by atoms with E-state index in [4.69, 9.17) is 4.74 Å². The van der Waals surface area contributed by atoms with Crippen molar-refractivity contribution in [2.45, 2.75) is 49.9 Å². The number of anilines is 1. The molecule has 0 atom stereocenters. The van der Waals surface area contributed by atoms with Crippen LogP contribution in [0.15, 0.2) is 53.7 Å². The summed E-state index contributed by atoms with van der Waals surface area (Å²) in [5, 5.41) is 3.00. The van der Waals surface area contributed by atoms with E-state index in [2.05, 4.69) is 16.4 Å². The fourth-order valence-corrected chi connectivity index (χ4v) is 4.01. The monoisotopic (exact) mass is 427 g/mol. The molecule has 2 aromatic rings. The number of hydrogen-bond donors (Lipinski definition) is 1. The predicted octanol–water partition coefficient (Wildman–Crippen LogP) is 4.96. The number of carbonyl (C=O) groups is 2. The molecule has 7 heteroatoms. The van der Waals surface area contributed by atoms with Gasteiger partial charge < -0.3 is 15.0 Å². The van der Waals surface area contributed by atoms with Gasteiger partial charge in [0.05, 0.1) is 0 Å². The van der Waals surface area contributed by atoms with E-state index in [-0.39, 0.29) is 17.9 Å². The average Bonchev–Trinajstić information content (AvgIpc) is 2.73. The highest BCUT2D eigenvalue weighted by atomic mass is 32.2. The first-order valence-electron chi connectivity index (χ1n) is 10.2. The quantitative estimate of drug-likeness (QED) is 0.683. The number of benzene rings is 1. The van der Waals surface area contributed by atoms with Crippen LogP contribution >= 0.6 is 11.8 Å². The van der Waals surface area contributed by atoms with Crippen molar-refractivity contribution in [3.63, 3.8) is 0 Å². The molecular weight excluding hydrogens is 398 g/mol. The number of piperidine rings is 1. The molecule has 0 aliphatic carbocycles. The van der Waals surface area contributed by atoms with E-state index in [0.717, 1.165) is 16.3 Å². The lowest BCUT2D eigenvalue weighted by atomic mass is 9.96. The van der Waals surface area contributed by atoms with Crippen LogP contribution < -0.4 is 5.32 Å². The Morgan fingerprint density at radius 3 is 2.47 bits per heavy atom. The van der Waals surface area contributed by atoms with Crippen LogP contribution in [-0.4, -0.2) is 40.6 Å². The number of carbonyl (C=O) groups excluding carboxylic acids is 2. The van der Waals surface area contributed by atoms with Gasteiger partial charge in [0.2, 0.25) is 5.91 Å². The molecule has 1 aliphatic rings. The van der Waals surface area contributed by atoms with E-state index in [1.54, 1.807) is 22.9 Å². The molecule has 0 saturated carbocycles. The topological polar surface area (TPSA) is 71.5 Å². The van der Waals surface area contributed by atoms with Crippen LogP contribution in [0.3, 0.4) is 0 Å². The molecule has 2 amide bonds. The fourth-order valence-electron chi connectivity index (χ4n) is 3.18. The second-order valence-corrected chi connectivity index (χ2v) is 9.45. The molecule has 30 heavy (non-hydrogen) atoms. The SMILES string of the molecule is CC(C)(C)OC(=O)N1CCC(C(=O)Nc2ccc(SCc3cccnc3)cc2)CC1. The molecule has 0 bridgehead atoms. The maximum atomic E-state index is 12.6. The third-order valence-corrected chi connectivity index (χ3v) is 5.85. The van der Waals surface area contributed by atoms with Crippen molar-refractivity contribution >= 4 is 29.4 Å². The van der Waals surface area contributed by atoms with Gasteiger partial charge in [-0.3, -0.25) is 9.78 Å². The van der Waals surface area contributed by atoms with E-state index in [1.807, 2.05) is 57.3 Å². The molecule has 2 heterocycles. The first kappa shape index (κ1) is 22.2. The van der Waals surface area contributed by atoms with Gasteiger partial charge in [0.15, 0.2) is 0 Å². The number of aromatic nitrogens is 1. The minimum absolute atomic E-state index is 0.00889. The number of ether oxygens (including phenoxy) is 1. The number of amides is 2. The molecule has 0 unspecified atom stereocenters. The van der Waals surface area contributed by atoms with E-state index in [1.165, 1.54) is 5.56 Å². The van der Waals surface area contributed by atoms with E-state index < -0.39 is 5.60 Å². The number of rotatable bonds is 5. The van der Waals surface area contributed by atoms with Crippen LogP contribution in [0.2, 0.25) is 0 Å². The smallest absolute Gasteiger partial charge is 0.410 e. The van der Waals surface area contributed by atoms with Gasteiger partial charge in [-0.25, -0.2) is 4.79 Å². The summed E-state index contributed by atoms with van der Waals surface area (Å²) in [4.78, 5) is 31.7. The predicted molar refractivity (Wildman–Crippen MR) is 119 cm³/mol. The molecule has 3 rings (SSSR count). The van der Waals surface area contributed by atoms with Crippen LogP contribution in [0.5, 0.6) is 0 Å². The van der Waals surface area contributed by atoms with Gasteiger partial charge in [0.1, 0.15) is 5.60 Å². The van der Waals surface area contributed by atoms with Gasteiger partial charge in [-0.1, -0.05) is 6.07 Å². The second kappa shape index (κ2) is 9.98. The van der Waals surface area contributed by atoms with Crippen molar-refractivity contribution in [3.05, 3.63) is 54.4 Å². The Hall–Kier alpha value is -2.54. The largest absolute Gasteiger partial charge is 0.444 e. The van der Waals surface area contributed by atoms with Gasteiger partial charge in [-0.2, -0.15) is 0 Å². The molecule has 1 aromatic carbocycles. The van der Waals surface area contributed by atoms with Crippen LogP contribution in [0.25, 0.3) is 0 Å². The van der Waals surface area contributed by atoms with Gasteiger partial charge in [0, 0.05) is 47.7 Å². The van der Waals surface area contributed by atoms with Crippen molar-refractivity contribution < 1.29 is 14.3 Å². The van der Waals surface area contributed by atoms with Crippen molar-refractivity contribution in [1.29, 1.82) is 0 Å². The van der Waals surface area contributed by atoms with Gasteiger partial charge in [-0.05, 0) is 69.5 Å². The minimum Gasteiger partial charge on any atom is -0.444 e. The lowest BCUT2D eigenvalue weighted by Gasteiger charge is -2.32. The van der Waals surface area contributed by atoms with Gasteiger partial charge in [0.25, 0.3) is 0 Å². The summed E-state index contributed by atoms with van der Waals surface area (Å²) >= 11 is 1.73. The van der Waals surface area contributed by atoms with Crippen molar-refractivity contribution in [3.8, 4) is 0 Å². The lowest BCUT2D eigenvalue weighted by Crippen LogP contribution is -2.43. The first-order chi connectivity index (χ1) is 14.3. The summed E-state index contributed by atoms with van der Waals surface area (Å²) in [6.45, 7) is 6.64. The normalized spacial score (nSPS) is 15.0. The third kappa shape index (κ3) is 6.76. The van der Waals surface area contributed by atoms with E-state index in [0.29, 0.717) is 25.9 Å². The number of nitrogens with one attached hydrogen (secondary N) is 1. The van der Waals surface area contributed by atoms with Crippen molar-refractivity contribution in [1.82, 2.24) is 9.88 Å². The summed E-state index contributed by atoms with van der Waals surface area (Å²) in [6.07, 6.45) is 4.62. The summed E-state index contributed by atoms with van der Waals surface area (Å²) in [5.74, 6) is 0.772. The van der Waals surface area contributed by atoms with Crippen LogP contribution in [0.1, 0.15) is 39.2 Å². The summed E-state index contributed by atoms with van der Waals surface area (Å²) < 4.78 is 5.41. The molecule has 160 valence electrons. The van der Waals surface area contributed by atoms with Crippen LogP contribution in [0, 0.1) is 5.92 Å². The molecule has 1 N–H and O–H groups in total. The molecule has 1 aromatic heterocycles. The summed E-state index contributed by atoms with van der Waals surface area (Å²) in [5.41, 5.74) is 1.46. The third-order valence-electron chi connectivity index (χ3n) is 4.77.